The van der Waals surface area contributed by atoms with E-state index in [1.807, 2.05) is 60.7 Å². The zero-order valence-electron chi connectivity index (χ0n) is 19.8. The average molecular weight is 540 g/mol. The second-order valence-electron chi connectivity index (χ2n) is 8.40. The van der Waals surface area contributed by atoms with Crippen LogP contribution in [-0.4, -0.2) is 34.2 Å². The smallest absolute Gasteiger partial charge is 0.435 e. The molecule has 1 amide bonds. The van der Waals surface area contributed by atoms with E-state index in [4.69, 9.17) is 21.4 Å². The number of alkyl halides is 3. The zero-order chi connectivity index (χ0) is 26.7. The standard InChI is InChI=1S/C27H21ClF3N5O2/c28-20-13-7-8-14-22(20)36-26(16-23(34-36)27(29,30)31)38-17-25(37)32-24-15-21(18-9-3-1-4-10-18)33-35(24)19-11-5-2-6-12-19/h1-14,16,24H,15,17H2,(H,32,37). The van der Waals surface area contributed by atoms with Crippen molar-refractivity contribution in [1.82, 2.24) is 15.1 Å². The van der Waals surface area contributed by atoms with Gasteiger partial charge in [0.1, 0.15) is 6.17 Å². The van der Waals surface area contributed by atoms with E-state index in [9.17, 15) is 18.0 Å². The lowest BCUT2D eigenvalue weighted by atomic mass is 10.1. The van der Waals surface area contributed by atoms with Gasteiger partial charge in [0.15, 0.2) is 12.3 Å². The summed E-state index contributed by atoms with van der Waals surface area (Å²) in [5.74, 6) is -0.811. The number of benzene rings is 3. The van der Waals surface area contributed by atoms with Crippen LogP contribution in [0.1, 0.15) is 17.7 Å². The lowest BCUT2D eigenvalue weighted by Gasteiger charge is -2.24. The number of carbonyl (C=O) groups is 1. The topological polar surface area (TPSA) is 71.7 Å². The second kappa shape index (κ2) is 10.6. The minimum atomic E-state index is -4.71. The van der Waals surface area contributed by atoms with Crippen LogP contribution >= 0.6 is 11.6 Å². The van der Waals surface area contributed by atoms with Gasteiger partial charge in [0.05, 0.1) is 22.1 Å². The van der Waals surface area contributed by atoms with Gasteiger partial charge in [-0.25, -0.2) is 5.01 Å². The fraction of sp³-hybridized carbons (Fsp3) is 0.148. The van der Waals surface area contributed by atoms with E-state index in [1.165, 1.54) is 12.1 Å². The minimum absolute atomic E-state index is 0.175. The number of para-hydroxylation sites is 2. The third kappa shape index (κ3) is 5.50. The first-order chi connectivity index (χ1) is 18.3. The van der Waals surface area contributed by atoms with Crippen molar-refractivity contribution in [3.63, 3.8) is 0 Å². The molecule has 0 bridgehead atoms. The van der Waals surface area contributed by atoms with Crippen LogP contribution in [0.3, 0.4) is 0 Å². The second-order valence-corrected chi connectivity index (χ2v) is 8.80. The van der Waals surface area contributed by atoms with Gasteiger partial charge in [-0.15, -0.1) is 0 Å². The normalized spacial score (nSPS) is 15.3. The molecule has 0 saturated heterocycles. The number of hydrogen-bond donors (Lipinski definition) is 1. The van der Waals surface area contributed by atoms with Crippen molar-refractivity contribution < 1.29 is 22.7 Å². The molecule has 1 aromatic heterocycles. The van der Waals surface area contributed by atoms with Gasteiger partial charge in [-0.3, -0.25) is 4.79 Å². The molecule has 1 atom stereocenters. The van der Waals surface area contributed by atoms with E-state index in [-0.39, 0.29) is 16.6 Å². The van der Waals surface area contributed by atoms with E-state index in [0.717, 1.165) is 27.7 Å². The van der Waals surface area contributed by atoms with E-state index in [2.05, 4.69) is 10.4 Å². The highest BCUT2D eigenvalue weighted by molar-refractivity contribution is 6.32. The van der Waals surface area contributed by atoms with Gasteiger partial charge in [0.2, 0.25) is 5.88 Å². The number of aromatic nitrogens is 2. The van der Waals surface area contributed by atoms with Gasteiger partial charge < -0.3 is 10.1 Å². The molecule has 11 heteroatoms. The lowest BCUT2D eigenvalue weighted by molar-refractivity contribution is -0.141. The van der Waals surface area contributed by atoms with Crippen molar-refractivity contribution in [3.8, 4) is 11.6 Å². The Balaban J connectivity index is 1.34. The molecule has 1 aliphatic heterocycles. The van der Waals surface area contributed by atoms with Crippen molar-refractivity contribution in [2.45, 2.75) is 18.8 Å². The van der Waals surface area contributed by atoms with E-state index < -0.39 is 30.6 Å². The summed E-state index contributed by atoms with van der Waals surface area (Å²) in [4.78, 5) is 12.9. The maximum Gasteiger partial charge on any atom is 0.435 e. The molecule has 38 heavy (non-hydrogen) atoms. The van der Waals surface area contributed by atoms with Crippen molar-refractivity contribution in [3.05, 3.63) is 107 Å². The van der Waals surface area contributed by atoms with Crippen LogP contribution in [0.15, 0.2) is 96.1 Å². The summed E-state index contributed by atoms with van der Waals surface area (Å²) in [6, 6.07) is 25.9. The van der Waals surface area contributed by atoms with Gasteiger partial charge in [-0.05, 0) is 29.8 Å². The first-order valence-corrected chi connectivity index (χ1v) is 12.0. The van der Waals surface area contributed by atoms with Crippen LogP contribution < -0.4 is 15.1 Å². The number of ether oxygens (including phenoxy) is 1. The number of rotatable bonds is 7. The Morgan fingerprint density at radius 1 is 1.00 bits per heavy atom. The predicted molar refractivity (Wildman–Crippen MR) is 138 cm³/mol. The average Bonchev–Trinajstić information content (AvgIpc) is 3.54. The molecule has 0 spiro atoms. The molecule has 1 N–H and O–H groups in total. The third-order valence-electron chi connectivity index (χ3n) is 5.76. The molecular weight excluding hydrogens is 519 g/mol. The molecule has 5 rings (SSSR count). The monoisotopic (exact) mass is 539 g/mol. The highest BCUT2D eigenvalue weighted by Crippen LogP contribution is 2.33. The number of hydrogen-bond acceptors (Lipinski definition) is 5. The summed E-state index contributed by atoms with van der Waals surface area (Å²) in [5, 5.41) is 13.1. The summed E-state index contributed by atoms with van der Waals surface area (Å²) >= 11 is 6.17. The molecule has 0 aliphatic carbocycles. The van der Waals surface area contributed by atoms with Crippen LogP contribution in [-0.2, 0) is 11.0 Å². The quantitative estimate of drug-likeness (QED) is 0.328. The molecule has 0 saturated carbocycles. The number of hydrazone groups is 1. The van der Waals surface area contributed by atoms with Crippen molar-refractivity contribution >= 4 is 28.9 Å². The van der Waals surface area contributed by atoms with Crippen molar-refractivity contribution in [2.75, 3.05) is 11.6 Å². The van der Waals surface area contributed by atoms with E-state index >= 15 is 0 Å². The number of carbonyl (C=O) groups excluding carboxylic acids is 1. The fourth-order valence-electron chi connectivity index (χ4n) is 4.02. The van der Waals surface area contributed by atoms with Crippen LogP contribution in [0.25, 0.3) is 5.69 Å². The molecule has 0 radical (unpaired) electrons. The van der Waals surface area contributed by atoms with Gasteiger partial charge in [-0.2, -0.15) is 28.1 Å². The maximum atomic E-state index is 13.4. The Morgan fingerprint density at radius 2 is 1.66 bits per heavy atom. The first kappa shape index (κ1) is 25.3. The van der Waals surface area contributed by atoms with Gasteiger partial charge >= 0.3 is 6.18 Å². The van der Waals surface area contributed by atoms with Gasteiger partial charge in [-0.1, -0.05) is 72.3 Å². The molecule has 3 aromatic carbocycles. The fourth-order valence-corrected chi connectivity index (χ4v) is 4.23. The number of nitrogens with zero attached hydrogens (tertiary/aromatic N) is 4. The number of amides is 1. The molecule has 7 nitrogen and oxygen atoms in total. The maximum absolute atomic E-state index is 13.4. The first-order valence-electron chi connectivity index (χ1n) is 11.6. The molecular formula is C27H21ClF3N5O2. The number of halogens is 4. The third-order valence-corrected chi connectivity index (χ3v) is 6.08. The summed E-state index contributed by atoms with van der Waals surface area (Å²) in [5.41, 5.74) is 1.50. The van der Waals surface area contributed by atoms with Crippen LogP contribution in [0, 0.1) is 0 Å². The Kier molecular flexibility index (Phi) is 7.06. The van der Waals surface area contributed by atoms with Gasteiger partial charge in [0.25, 0.3) is 5.91 Å². The molecule has 2 heterocycles. The van der Waals surface area contributed by atoms with Crippen molar-refractivity contribution in [1.29, 1.82) is 0 Å². The Labute approximate surface area is 221 Å². The van der Waals surface area contributed by atoms with Crippen molar-refractivity contribution in [2.24, 2.45) is 5.10 Å². The summed E-state index contributed by atoms with van der Waals surface area (Å²) in [6.07, 6.45) is -4.82. The predicted octanol–water partition coefficient (Wildman–Crippen LogP) is 5.68. The van der Waals surface area contributed by atoms with Crippen LogP contribution in [0.4, 0.5) is 18.9 Å². The molecule has 1 aliphatic rings. The number of nitrogens with one attached hydrogen (secondary N) is 1. The Bertz CT molecular complexity index is 1460. The van der Waals surface area contributed by atoms with Gasteiger partial charge in [0, 0.05) is 12.5 Å². The highest BCUT2D eigenvalue weighted by atomic mass is 35.5. The minimum Gasteiger partial charge on any atom is -0.467 e. The Morgan fingerprint density at radius 3 is 2.34 bits per heavy atom. The number of anilines is 1. The largest absolute Gasteiger partial charge is 0.467 e. The molecule has 0 fully saturated rings. The van der Waals surface area contributed by atoms with E-state index in [1.54, 1.807) is 17.1 Å². The SMILES string of the molecule is O=C(COc1cc(C(F)(F)F)nn1-c1ccccc1Cl)NC1CC(c2ccccc2)=NN1c1ccccc1. The lowest BCUT2D eigenvalue weighted by Crippen LogP contribution is -2.45. The Hall–Kier alpha value is -4.31. The molecule has 194 valence electrons. The molecule has 1 unspecified atom stereocenters. The summed E-state index contributed by atoms with van der Waals surface area (Å²) in [6.45, 7) is -0.548. The summed E-state index contributed by atoms with van der Waals surface area (Å²) in [7, 11) is 0. The zero-order valence-corrected chi connectivity index (χ0v) is 20.5. The van der Waals surface area contributed by atoms with Crippen LogP contribution in [0.2, 0.25) is 5.02 Å². The van der Waals surface area contributed by atoms with Crippen LogP contribution in [0.5, 0.6) is 5.88 Å². The summed E-state index contributed by atoms with van der Waals surface area (Å²) < 4.78 is 46.6. The molecule has 4 aromatic rings. The highest BCUT2D eigenvalue weighted by Gasteiger charge is 2.36. The van der Waals surface area contributed by atoms with E-state index in [0.29, 0.717) is 6.42 Å².